The number of halogens is 2. The molecule has 1 N–H and O–H groups in total. The van der Waals surface area contributed by atoms with Crippen LogP contribution in [0.25, 0.3) is 0 Å². The number of hydrogen-bond donors (Lipinski definition) is 1. The Bertz CT molecular complexity index is 852. The second-order valence-electron chi connectivity index (χ2n) is 5.53. The van der Waals surface area contributed by atoms with Gasteiger partial charge in [-0.05, 0) is 48.7 Å². The molecule has 25 heavy (non-hydrogen) atoms. The summed E-state index contributed by atoms with van der Waals surface area (Å²) in [6, 6.07) is 13.5. The van der Waals surface area contributed by atoms with Crippen LogP contribution >= 0.6 is 23.4 Å². The highest BCUT2D eigenvalue weighted by atomic mass is 35.5. The first kappa shape index (κ1) is 17.6. The van der Waals surface area contributed by atoms with Crippen molar-refractivity contribution < 1.29 is 9.18 Å². The van der Waals surface area contributed by atoms with Gasteiger partial charge in [0.1, 0.15) is 5.82 Å². The lowest BCUT2D eigenvalue weighted by Crippen LogP contribution is -2.25. The van der Waals surface area contributed by atoms with Gasteiger partial charge in [0, 0.05) is 5.02 Å². The molecule has 2 aromatic carbocycles. The number of hydrogen-bond acceptors (Lipinski definition) is 4. The van der Waals surface area contributed by atoms with Gasteiger partial charge in [0.05, 0.1) is 11.0 Å². The zero-order valence-electron chi connectivity index (χ0n) is 13.4. The molecular formula is C18H15ClFN3OS. The molecule has 1 saturated heterocycles. The van der Waals surface area contributed by atoms with Gasteiger partial charge in [0.15, 0.2) is 5.17 Å². The highest BCUT2D eigenvalue weighted by molar-refractivity contribution is 8.15. The minimum absolute atomic E-state index is 0.0987. The third kappa shape index (κ3) is 4.67. The summed E-state index contributed by atoms with van der Waals surface area (Å²) in [6.07, 6.45) is 0.566. The number of nitrogens with one attached hydrogen (secondary N) is 1. The Labute approximate surface area is 154 Å². The maximum atomic E-state index is 12.9. The molecule has 1 aliphatic rings. The molecule has 2 aromatic rings. The average Bonchev–Trinajstić information content (AvgIpc) is 2.93. The molecule has 0 aliphatic carbocycles. The number of amides is 1. The zero-order chi connectivity index (χ0) is 17.8. The maximum Gasteiger partial charge on any atom is 0.239 e. The summed E-state index contributed by atoms with van der Waals surface area (Å²) in [5, 5.41) is 11.8. The van der Waals surface area contributed by atoms with Crippen molar-refractivity contribution in [2.24, 2.45) is 10.2 Å². The standard InChI is InChI=1S/C18H15ClFN3OS/c1-11(13-5-7-15(20)8-6-13)22-23-18-21-17(24)16(25-18)10-12-3-2-4-14(19)9-12/h2-9,16H,10H2,1H3,(H,21,23,24). The van der Waals surface area contributed by atoms with E-state index in [0.29, 0.717) is 22.3 Å². The van der Waals surface area contributed by atoms with Crippen molar-refractivity contribution in [3.63, 3.8) is 0 Å². The third-order valence-corrected chi connectivity index (χ3v) is 4.95. The number of carbonyl (C=O) groups is 1. The average molecular weight is 376 g/mol. The van der Waals surface area contributed by atoms with E-state index in [1.54, 1.807) is 25.1 Å². The van der Waals surface area contributed by atoms with Crippen molar-refractivity contribution in [1.82, 2.24) is 5.32 Å². The van der Waals surface area contributed by atoms with Crippen molar-refractivity contribution in [2.75, 3.05) is 0 Å². The van der Waals surface area contributed by atoms with Crippen LogP contribution in [0.5, 0.6) is 0 Å². The molecule has 0 saturated carbocycles. The van der Waals surface area contributed by atoms with Crippen LogP contribution in [0.15, 0.2) is 58.7 Å². The Balaban J connectivity index is 1.68. The van der Waals surface area contributed by atoms with Crippen LogP contribution in [-0.4, -0.2) is 22.0 Å². The van der Waals surface area contributed by atoms with Gasteiger partial charge in [0.2, 0.25) is 5.91 Å². The van der Waals surface area contributed by atoms with E-state index in [9.17, 15) is 9.18 Å². The molecular weight excluding hydrogens is 361 g/mol. The van der Waals surface area contributed by atoms with E-state index in [2.05, 4.69) is 15.5 Å². The first-order valence-electron chi connectivity index (χ1n) is 7.61. The van der Waals surface area contributed by atoms with Crippen molar-refractivity contribution in [1.29, 1.82) is 0 Å². The van der Waals surface area contributed by atoms with Crippen molar-refractivity contribution >= 4 is 40.1 Å². The third-order valence-electron chi connectivity index (χ3n) is 3.64. The van der Waals surface area contributed by atoms with Gasteiger partial charge in [0.25, 0.3) is 0 Å². The van der Waals surface area contributed by atoms with E-state index in [1.165, 1.54) is 23.9 Å². The Morgan fingerprint density at radius 3 is 2.76 bits per heavy atom. The first-order chi connectivity index (χ1) is 12.0. The van der Waals surface area contributed by atoms with Crippen molar-refractivity contribution in [2.45, 2.75) is 18.6 Å². The van der Waals surface area contributed by atoms with Crippen molar-refractivity contribution in [3.05, 3.63) is 70.5 Å². The predicted molar refractivity (Wildman–Crippen MR) is 101 cm³/mol. The number of rotatable bonds is 4. The summed E-state index contributed by atoms with van der Waals surface area (Å²) in [5.74, 6) is -0.399. The van der Waals surface area contributed by atoms with Gasteiger partial charge in [-0.15, -0.1) is 5.10 Å². The molecule has 1 unspecified atom stereocenters. The Kier molecular flexibility index (Phi) is 5.50. The topological polar surface area (TPSA) is 53.8 Å². The molecule has 128 valence electrons. The highest BCUT2D eigenvalue weighted by Crippen LogP contribution is 2.24. The zero-order valence-corrected chi connectivity index (χ0v) is 14.9. The number of benzene rings is 2. The monoisotopic (exact) mass is 375 g/mol. The predicted octanol–water partition coefficient (Wildman–Crippen LogP) is 4.03. The number of thioether (sulfide) groups is 1. The Hall–Kier alpha value is -2.18. The normalized spacial score (nSPS) is 19.3. The van der Waals surface area contributed by atoms with E-state index in [1.807, 2.05) is 18.2 Å². The molecule has 1 amide bonds. The van der Waals surface area contributed by atoms with E-state index < -0.39 is 0 Å². The lowest BCUT2D eigenvalue weighted by Gasteiger charge is -2.05. The number of amidine groups is 1. The molecule has 1 atom stereocenters. The van der Waals surface area contributed by atoms with Crippen LogP contribution in [0.2, 0.25) is 5.02 Å². The van der Waals surface area contributed by atoms with Crippen LogP contribution in [-0.2, 0) is 11.2 Å². The quantitative estimate of drug-likeness (QED) is 0.647. The molecule has 0 radical (unpaired) electrons. The SMILES string of the molecule is CC(=N/N=C1\NC(=O)C(Cc2cccc(Cl)c2)S1)c1ccc(F)cc1. The van der Waals surface area contributed by atoms with Gasteiger partial charge in [-0.2, -0.15) is 5.10 Å². The van der Waals surface area contributed by atoms with Crippen LogP contribution in [0.3, 0.4) is 0 Å². The summed E-state index contributed by atoms with van der Waals surface area (Å²) in [6.45, 7) is 1.78. The fourth-order valence-corrected chi connectivity index (χ4v) is 3.51. The first-order valence-corrected chi connectivity index (χ1v) is 8.87. The van der Waals surface area contributed by atoms with Gasteiger partial charge in [-0.1, -0.05) is 47.6 Å². The van der Waals surface area contributed by atoms with Crippen molar-refractivity contribution in [3.8, 4) is 0 Å². The maximum absolute atomic E-state index is 12.9. The van der Waals surface area contributed by atoms with Gasteiger partial charge < -0.3 is 5.32 Å². The molecule has 1 fully saturated rings. The minimum atomic E-state index is -0.301. The Morgan fingerprint density at radius 2 is 2.04 bits per heavy atom. The molecule has 0 spiro atoms. The molecule has 0 bridgehead atoms. The molecule has 1 aliphatic heterocycles. The smallest absolute Gasteiger partial charge is 0.239 e. The molecule has 7 heteroatoms. The largest absolute Gasteiger partial charge is 0.303 e. The van der Waals surface area contributed by atoms with Crippen LogP contribution in [0.1, 0.15) is 18.1 Å². The van der Waals surface area contributed by atoms with E-state index in [0.717, 1.165) is 11.1 Å². The molecule has 1 heterocycles. The lowest BCUT2D eigenvalue weighted by atomic mass is 10.1. The fraction of sp³-hybridized carbons (Fsp3) is 0.167. The van der Waals surface area contributed by atoms with Gasteiger partial charge in [-0.25, -0.2) is 4.39 Å². The highest BCUT2D eigenvalue weighted by Gasteiger charge is 2.30. The second kappa shape index (κ2) is 7.80. The van der Waals surface area contributed by atoms with E-state index in [4.69, 9.17) is 11.6 Å². The lowest BCUT2D eigenvalue weighted by molar-refractivity contribution is -0.118. The summed E-state index contributed by atoms with van der Waals surface area (Å²) in [5.41, 5.74) is 2.41. The molecule has 3 rings (SSSR count). The number of nitrogens with zero attached hydrogens (tertiary/aromatic N) is 2. The fourth-order valence-electron chi connectivity index (χ4n) is 2.33. The minimum Gasteiger partial charge on any atom is -0.303 e. The Morgan fingerprint density at radius 1 is 1.28 bits per heavy atom. The van der Waals surface area contributed by atoms with E-state index >= 15 is 0 Å². The van der Waals surface area contributed by atoms with Gasteiger partial charge >= 0.3 is 0 Å². The summed E-state index contributed by atoms with van der Waals surface area (Å²) < 4.78 is 12.9. The van der Waals surface area contributed by atoms with Gasteiger partial charge in [-0.3, -0.25) is 4.79 Å². The van der Waals surface area contributed by atoms with Crippen LogP contribution < -0.4 is 5.32 Å². The summed E-state index contributed by atoms with van der Waals surface area (Å²) in [7, 11) is 0. The van der Waals surface area contributed by atoms with Crippen LogP contribution in [0.4, 0.5) is 4.39 Å². The summed E-state index contributed by atoms with van der Waals surface area (Å²) >= 11 is 7.31. The molecule has 0 aromatic heterocycles. The van der Waals surface area contributed by atoms with Crippen LogP contribution in [0, 0.1) is 5.82 Å². The molecule has 4 nitrogen and oxygen atoms in total. The summed E-state index contributed by atoms with van der Waals surface area (Å²) in [4.78, 5) is 12.1. The second-order valence-corrected chi connectivity index (χ2v) is 7.16. The number of carbonyl (C=O) groups excluding carboxylic acids is 1. The van der Waals surface area contributed by atoms with E-state index in [-0.39, 0.29) is 17.0 Å².